The molecule has 0 fully saturated rings. The number of nitrogens with zero attached hydrogens (tertiary/aromatic N) is 2. The summed E-state index contributed by atoms with van der Waals surface area (Å²) in [6.45, 7) is 2.83. The molecule has 0 radical (unpaired) electrons. The van der Waals surface area contributed by atoms with E-state index in [-0.39, 0.29) is 0 Å². The van der Waals surface area contributed by atoms with Crippen LogP contribution in [0.2, 0.25) is 0 Å². The van der Waals surface area contributed by atoms with Gasteiger partial charge in [0.05, 0.1) is 11.6 Å². The average molecular weight is 246 g/mol. The standard InChI is InChI=1S/C17H14N2/c1-13-6-7-14-8-9-19(17(14)10-13)12-16-5-3-2-4-15(16)11-18/h2-10H,12H2,1H3. The molecule has 0 saturated heterocycles. The largest absolute Gasteiger partial charge is 0.343 e. The maximum Gasteiger partial charge on any atom is 0.0995 e. The topological polar surface area (TPSA) is 28.7 Å². The molecule has 92 valence electrons. The highest BCUT2D eigenvalue weighted by Gasteiger charge is 2.05. The van der Waals surface area contributed by atoms with Gasteiger partial charge < -0.3 is 4.57 Å². The predicted octanol–water partition coefficient (Wildman–Crippen LogP) is 3.87. The minimum atomic E-state index is 0.733. The zero-order valence-electron chi connectivity index (χ0n) is 10.8. The fraction of sp³-hybridized carbons (Fsp3) is 0.118. The number of benzene rings is 2. The summed E-state index contributed by atoms with van der Waals surface area (Å²) < 4.78 is 2.19. The molecule has 0 aliphatic rings. The van der Waals surface area contributed by atoms with Gasteiger partial charge in [0, 0.05) is 18.3 Å². The second kappa shape index (κ2) is 4.62. The van der Waals surface area contributed by atoms with Crippen LogP contribution in [0.1, 0.15) is 16.7 Å². The van der Waals surface area contributed by atoms with Gasteiger partial charge in [0.15, 0.2) is 0 Å². The summed E-state index contributed by atoms with van der Waals surface area (Å²) in [6.07, 6.45) is 2.08. The van der Waals surface area contributed by atoms with Crippen LogP contribution in [-0.2, 0) is 6.54 Å². The van der Waals surface area contributed by atoms with E-state index in [0.717, 1.165) is 17.7 Å². The molecule has 1 aromatic heterocycles. The number of hydrogen-bond donors (Lipinski definition) is 0. The van der Waals surface area contributed by atoms with Crippen molar-refractivity contribution in [1.29, 1.82) is 5.26 Å². The third-order valence-electron chi connectivity index (χ3n) is 3.41. The smallest absolute Gasteiger partial charge is 0.0995 e. The van der Waals surface area contributed by atoms with E-state index in [9.17, 15) is 0 Å². The summed E-state index contributed by atoms with van der Waals surface area (Å²) in [7, 11) is 0. The first-order chi connectivity index (χ1) is 9.28. The summed E-state index contributed by atoms with van der Waals surface area (Å²) in [5.74, 6) is 0. The molecule has 0 N–H and O–H groups in total. The van der Waals surface area contributed by atoms with Crippen molar-refractivity contribution in [2.75, 3.05) is 0 Å². The Bertz CT molecular complexity index is 775. The molecule has 1 heterocycles. The minimum Gasteiger partial charge on any atom is -0.343 e. The van der Waals surface area contributed by atoms with Crippen LogP contribution in [0.3, 0.4) is 0 Å². The Hall–Kier alpha value is -2.53. The molecule has 3 aromatic rings. The van der Waals surface area contributed by atoms with Crippen molar-refractivity contribution >= 4 is 10.9 Å². The molecule has 2 heteroatoms. The lowest BCUT2D eigenvalue weighted by molar-refractivity contribution is 0.834. The van der Waals surface area contributed by atoms with Crippen LogP contribution in [0.15, 0.2) is 54.7 Å². The van der Waals surface area contributed by atoms with Crippen molar-refractivity contribution in [2.24, 2.45) is 0 Å². The predicted molar refractivity (Wildman–Crippen MR) is 76.9 cm³/mol. The summed E-state index contributed by atoms with van der Waals surface area (Å²) >= 11 is 0. The highest BCUT2D eigenvalue weighted by molar-refractivity contribution is 5.80. The van der Waals surface area contributed by atoms with Gasteiger partial charge in [-0.05, 0) is 41.6 Å². The summed E-state index contributed by atoms with van der Waals surface area (Å²) in [4.78, 5) is 0. The van der Waals surface area contributed by atoms with Gasteiger partial charge in [-0.3, -0.25) is 0 Å². The molecular formula is C17H14N2. The first-order valence-electron chi connectivity index (χ1n) is 6.31. The molecule has 0 aliphatic carbocycles. The zero-order valence-corrected chi connectivity index (χ0v) is 10.8. The SMILES string of the molecule is Cc1ccc2ccn(Cc3ccccc3C#N)c2c1. The highest BCUT2D eigenvalue weighted by atomic mass is 14.9. The van der Waals surface area contributed by atoms with Gasteiger partial charge >= 0.3 is 0 Å². The molecule has 3 rings (SSSR count). The lowest BCUT2D eigenvalue weighted by atomic mass is 10.1. The fourth-order valence-corrected chi connectivity index (χ4v) is 2.38. The van der Waals surface area contributed by atoms with Gasteiger partial charge in [-0.15, -0.1) is 0 Å². The number of nitriles is 1. The van der Waals surface area contributed by atoms with Crippen molar-refractivity contribution < 1.29 is 0 Å². The second-order valence-electron chi connectivity index (χ2n) is 4.77. The molecule has 0 amide bonds. The van der Waals surface area contributed by atoms with E-state index in [2.05, 4.69) is 48.0 Å². The summed E-state index contributed by atoms with van der Waals surface area (Å²) in [6, 6.07) is 18.6. The van der Waals surface area contributed by atoms with Gasteiger partial charge in [-0.25, -0.2) is 0 Å². The van der Waals surface area contributed by atoms with Crippen LogP contribution in [0.4, 0.5) is 0 Å². The number of fused-ring (bicyclic) bond motifs is 1. The molecule has 0 atom stereocenters. The Morgan fingerprint density at radius 2 is 1.95 bits per heavy atom. The van der Waals surface area contributed by atoms with Gasteiger partial charge in [-0.2, -0.15) is 5.26 Å². The van der Waals surface area contributed by atoms with Crippen LogP contribution in [0.5, 0.6) is 0 Å². The third-order valence-corrected chi connectivity index (χ3v) is 3.41. The summed E-state index contributed by atoms with van der Waals surface area (Å²) in [5.41, 5.74) is 4.27. The van der Waals surface area contributed by atoms with E-state index in [0.29, 0.717) is 0 Å². The molecule has 2 aromatic carbocycles. The molecule has 0 spiro atoms. The van der Waals surface area contributed by atoms with Crippen LogP contribution < -0.4 is 0 Å². The molecule has 19 heavy (non-hydrogen) atoms. The number of rotatable bonds is 2. The average Bonchev–Trinajstić information content (AvgIpc) is 2.82. The minimum absolute atomic E-state index is 0.733. The molecular weight excluding hydrogens is 232 g/mol. The fourth-order valence-electron chi connectivity index (χ4n) is 2.38. The van der Waals surface area contributed by atoms with Crippen molar-refractivity contribution in [3.05, 3.63) is 71.4 Å². The van der Waals surface area contributed by atoms with Gasteiger partial charge in [0.2, 0.25) is 0 Å². The monoisotopic (exact) mass is 246 g/mol. The van der Waals surface area contributed by atoms with E-state index in [1.54, 1.807) is 0 Å². The lowest BCUT2D eigenvalue weighted by Gasteiger charge is -2.07. The van der Waals surface area contributed by atoms with Crippen LogP contribution >= 0.6 is 0 Å². The van der Waals surface area contributed by atoms with E-state index in [1.165, 1.54) is 16.5 Å². The molecule has 2 nitrogen and oxygen atoms in total. The first kappa shape index (κ1) is 11.6. The van der Waals surface area contributed by atoms with E-state index in [1.807, 2.05) is 24.3 Å². The Labute approximate surface area is 112 Å². The Morgan fingerprint density at radius 3 is 2.79 bits per heavy atom. The van der Waals surface area contributed by atoms with E-state index >= 15 is 0 Å². The maximum atomic E-state index is 9.15. The number of aromatic nitrogens is 1. The second-order valence-corrected chi connectivity index (χ2v) is 4.77. The zero-order chi connectivity index (χ0) is 13.2. The molecule has 0 unspecified atom stereocenters. The van der Waals surface area contributed by atoms with Crippen molar-refractivity contribution in [3.8, 4) is 6.07 Å². The van der Waals surface area contributed by atoms with E-state index < -0.39 is 0 Å². The Kier molecular flexibility index (Phi) is 2.81. The summed E-state index contributed by atoms with van der Waals surface area (Å²) in [5, 5.41) is 10.4. The number of aryl methyl sites for hydroxylation is 1. The van der Waals surface area contributed by atoms with Crippen LogP contribution in [0, 0.1) is 18.3 Å². The third kappa shape index (κ3) is 2.11. The van der Waals surface area contributed by atoms with Gasteiger partial charge in [0.25, 0.3) is 0 Å². The van der Waals surface area contributed by atoms with Gasteiger partial charge in [-0.1, -0.05) is 30.3 Å². The normalized spacial score (nSPS) is 10.5. The maximum absolute atomic E-state index is 9.15. The lowest BCUT2D eigenvalue weighted by Crippen LogP contribution is -2.00. The quantitative estimate of drug-likeness (QED) is 0.674. The molecule has 0 saturated carbocycles. The first-order valence-corrected chi connectivity index (χ1v) is 6.31. The Balaban J connectivity index is 2.06. The van der Waals surface area contributed by atoms with Crippen molar-refractivity contribution in [3.63, 3.8) is 0 Å². The van der Waals surface area contributed by atoms with Crippen molar-refractivity contribution in [2.45, 2.75) is 13.5 Å². The van der Waals surface area contributed by atoms with E-state index in [4.69, 9.17) is 5.26 Å². The van der Waals surface area contributed by atoms with Gasteiger partial charge in [0.1, 0.15) is 0 Å². The highest BCUT2D eigenvalue weighted by Crippen LogP contribution is 2.19. The molecule has 0 aliphatic heterocycles. The van der Waals surface area contributed by atoms with Crippen LogP contribution in [0.25, 0.3) is 10.9 Å². The van der Waals surface area contributed by atoms with Crippen molar-refractivity contribution in [1.82, 2.24) is 4.57 Å². The van der Waals surface area contributed by atoms with Crippen LogP contribution in [-0.4, -0.2) is 4.57 Å². The number of hydrogen-bond acceptors (Lipinski definition) is 1. The molecule has 0 bridgehead atoms. The Morgan fingerprint density at radius 1 is 1.11 bits per heavy atom.